The molecule has 0 atom stereocenters. The molecule has 0 aliphatic heterocycles. The van der Waals surface area contributed by atoms with Gasteiger partial charge in [0.05, 0.1) is 6.61 Å². The average molecular weight is 209 g/mol. The minimum absolute atomic E-state index is 0.0794. The molecule has 0 unspecified atom stereocenters. The maximum Gasteiger partial charge on any atom is 0.248 e. The summed E-state index contributed by atoms with van der Waals surface area (Å²) < 4.78 is 0. The van der Waals surface area contributed by atoms with Crippen molar-refractivity contribution in [2.75, 3.05) is 0 Å². The molecule has 15 heavy (non-hydrogen) atoms. The number of nitrogens with one attached hydrogen (secondary N) is 1. The van der Waals surface area contributed by atoms with Crippen LogP contribution in [0.5, 0.6) is 0 Å². The van der Waals surface area contributed by atoms with Gasteiger partial charge in [-0.05, 0) is 11.6 Å². The summed E-state index contributed by atoms with van der Waals surface area (Å²) in [6, 6.07) is 3.02. The van der Waals surface area contributed by atoms with Gasteiger partial charge in [-0.2, -0.15) is 0 Å². The summed E-state index contributed by atoms with van der Waals surface area (Å²) in [4.78, 5) is 12.9. The molecule has 3 nitrogen and oxygen atoms in total. The molecule has 1 aliphatic rings. The molecule has 2 rings (SSSR count). The van der Waals surface area contributed by atoms with Crippen LogP contribution in [-0.4, -0.2) is 10.1 Å². The Hall–Kier alpha value is -1.09. The smallest absolute Gasteiger partial charge is 0.248 e. The van der Waals surface area contributed by atoms with E-state index < -0.39 is 0 Å². The molecule has 1 aromatic heterocycles. The summed E-state index contributed by atoms with van der Waals surface area (Å²) >= 11 is 0. The van der Waals surface area contributed by atoms with Crippen molar-refractivity contribution in [3.8, 4) is 0 Å². The summed E-state index contributed by atoms with van der Waals surface area (Å²) in [7, 11) is 0. The Morgan fingerprint density at radius 1 is 1.13 bits per heavy atom. The van der Waals surface area contributed by atoms with E-state index in [1.807, 2.05) is 0 Å². The second kappa shape index (κ2) is 7.23. The molecule has 1 aromatic rings. The van der Waals surface area contributed by atoms with Gasteiger partial charge < -0.3 is 10.1 Å². The predicted molar refractivity (Wildman–Crippen MR) is 60.7 cm³/mol. The van der Waals surface area contributed by atoms with Crippen LogP contribution < -0.4 is 5.56 Å². The number of hydrogen-bond donors (Lipinski definition) is 2. The van der Waals surface area contributed by atoms with Crippen LogP contribution in [0.15, 0.2) is 23.1 Å². The quantitative estimate of drug-likeness (QED) is 0.745. The zero-order valence-corrected chi connectivity index (χ0v) is 9.04. The van der Waals surface area contributed by atoms with Crippen molar-refractivity contribution in [3.63, 3.8) is 0 Å². The molecule has 1 aliphatic carbocycles. The number of hydrogen-bond acceptors (Lipinski definition) is 2. The number of H-pyrrole nitrogens is 1. The molecule has 1 fully saturated rings. The number of aliphatic hydroxyl groups excluding tert-OH is 1. The highest BCUT2D eigenvalue weighted by atomic mass is 16.3. The first kappa shape index (κ1) is 12.0. The third-order valence-corrected chi connectivity index (χ3v) is 2.52. The van der Waals surface area contributed by atoms with Gasteiger partial charge in [0.15, 0.2) is 0 Å². The number of aliphatic hydroxyl groups is 1. The van der Waals surface area contributed by atoms with E-state index in [0.717, 1.165) is 0 Å². The zero-order chi connectivity index (χ0) is 10.9. The number of rotatable bonds is 1. The van der Waals surface area contributed by atoms with Crippen LogP contribution in [0.4, 0.5) is 0 Å². The fraction of sp³-hybridized carbons (Fsp3) is 0.583. The van der Waals surface area contributed by atoms with Crippen LogP contribution in [0, 0.1) is 0 Å². The SMILES string of the molecule is C1CCCCC1.O=c1cc(CO)cc[nH]1. The Labute approximate surface area is 90.2 Å². The van der Waals surface area contributed by atoms with E-state index >= 15 is 0 Å². The number of aromatic nitrogens is 1. The van der Waals surface area contributed by atoms with Gasteiger partial charge in [-0.15, -0.1) is 0 Å². The minimum atomic E-state index is -0.179. The summed E-state index contributed by atoms with van der Waals surface area (Å²) in [5, 5.41) is 8.51. The maximum atomic E-state index is 10.5. The van der Waals surface area contributed by atoms with Gasteiger partial charge in [0.1, 0.15) is 0 Å². The zero-order valence-electron chi connectivity index (χ0n) is 9.04. The molecular weight excluding hydrogens is 190 g/mol. The Balaban J connectivity index is 0.000000162. The van der Waals surface area contributed by atoms with Crippen molar-refractivity contribution < 1.29 is 5.11 Å². The fourth-order valence-electron chi connectivity index (χ4n) is 1.65. The third-order valence-electron chi connectivity index (χ3n) is 2.52. The van der Waals surface area contributed by atoms with Crippen LogP contribution >= 0.6 is 0 Å². The molecule has 0 aromatic carbocycles. The van der Waals surface area contributed by atoms with Crippen molar-refractivity contribution in [3.05, 3.63) is 34.2 Å². The van der Waals surface area contributed by atoms with Gasteiger partial charge >= 0.3 is 0 Å². The van der Waals surface area contributed by atoms with E-state index in [1.54, 1.807) is 6.07 Å². The highest BCUT2D eigenvalue weighted by Crippen LogP contribution is 2.15. The van der Waals surface area contributed by atoms with Gasteiger partial charge in [0.25, 0.3) is 0 Å². The Morgan fingerprint density at radius 2 is 1.67 bits per heavy atom. The molecule has 1 heterocycles. The molecule has 0 spiro atoms. The van der Waals surface area contributed by atoms with Crippen LogP contribution in [-0.2, 0) is 6.61 Å². The fourth-order valence-corrected chi connectivity index (χ4v) is 1.65. The summed E-state index contributed by atoms with van der Waals surface area (Å²) in [5.41, 5.74) is 0.459. The molecule has 2 N–H and O–H groups in total. The van der Waals surface area contributed by atoms with E-state index in [0.29, 0.717) is 5.56 Å². The van der Waals surface area contributed by atoms with Gasteiger partial charge in [-0.1, -0.05) is 38.5 Å². The molecule has 0 bridgehead atoms. The van der Waals surface area contributed by atoms with E-state index in [4.69, 9.17) is 5.11 Å². The summed E-state index contributed by atoms with van der Waals surface area (Å²) in [6.07, 6.45) is 10.5. The Bertz CT molecular complexity index is 304. The Morgan fingerprint density at radius 3 is 2.00 bits per heavy atom. The van der Waals surface area contributed by atoms with Gasteiger partial charge in [0.2, 0.25) is 5.56 Å². The summed E-state index contributed by atoms with van der Waals surface area (Å²) in [6.45, 7) is -0.0794. The van der Waals surface area contributed by atoms with Crippen LogP contribution in [0.25, 0.3) is 0 Å². The van der Waals surface area contributed by atoms with Crippen molar-refractivity contribution >= 4 is 0 Å². The second-order valence-electron chi connectivity index (χ2n) is 3.84. The lowest BCUT2D eigenvalue weighted by atomic mass is 10.0. The van der Waals surface area contributed by atoms with Crippen molar-refractivity contribution in [1.82, 2.24) is 4.98 Å². The van der Waals surface area contributed by atoms with Gasteiger partial charge in [-0.25, -0.2) is 0 Å². The first-order chi connectivity index (χ1) is 7.33. The lowest BCUT2D eigenvalue weighted by molar-refractivity contribution is 0.281. The molecule has 0 radical (unpaired) electrons. The van der Waals surface area contributed by atoms with E-state index in [2.05, 4.69) is 4.98 Å². The minimum Gasteiger partial charge on any atom is -0.392 e. The topological polar surface area (TPSA) is 53.1 Å². The van der Waals surface area contributed by atoms with E-state index in [1.165, 1.54) is 50.8 Å². The maximum absolute atomic E-state index is 10.5. The number of pyridine rings is 1. The first-order valence-corrected chi connectivity index (χ1v) is 5.61. The van der Waals surface area contributed by atoms with E-state index in [-0.39, 0.29) is 12.2 Å². The molecule has 3 heteroatoms. The molecule has 1 saturated carbocycles. The molecule has 84 valence electrons. The van der Waals surface area contributed by atoms with Crippen molar-refractivity contribution in [2.24, 2.45) is 0 Å². The van der Waals surface area contributed by atoms with Crippen LogP contribution in [0.2, 0.25) is 0 Å². The van der Waals surface area contributed by atoms with Gasteiger partial charge in [-0.3, -0.25) is 4.79 Å². The monoisotopic (exact) mass is 209 g/mol. The lowest BCUT2D eigenvalue weighted by Gasteiger charge is -2.05. The Kier molecular flexibility index (Phi) is 5.78. The highest BCUT2D eigenvalue weighted by Gasteiger charge is 1.95. The standard InChI is InChI=1S/C6H7NO2.C6H12/c8-4-5-1-2-7-6(9)3-5;1-2-4-6-5-3-1/h1-3,8H,4H2,(H,7,9);1-6H2. The highest BCUT2D eigenvalue weighted by molar-refractivity contribution is 5.07. The van der Waals surface area contributed by atoms with Crippen molar-refractivity contribution in [1.29, 1.82) is 0 Å². The van der Waals surface area contributed by atoms with Gasteiger partial charge in [0, 0.05) is 12.3 Å². The average Bonchev–Trinajstić information content (AvgIpc) is 2.32. The first-order valence-electron chi connectivity index (χ1n) is 5.61. The van der Waals surface area contributed by atoms with Crippen LogP contribution in [0.3, 0.4) is 0 Å². The third kappa shape index (κ3) is 5.37. The molecular formula is C12H19NO2. The lowest BCUT2D eigenvalue weighted by Crippen LogP contribution is -2.03. The molecule has 0 saturated heterocycles. The van der Waals surface area contributed by atoms with E-state index in [9.17, 15) is 4.79 Å². The molecule has 0 amide bonds. The number of aromatic amines is 1. The predicted octanol–water partition coefficient (Wildman–Crippen LogP) is 2.21. The second-order valence-corrected chi connectivity index (χ2v) is 3.84. The van der Waals surface area contributed by atoms with Crippen LogP contribution in [0.1, 0.15) is 44.1 Å². The van der Waals surface area contributed by atoms with Crippen molar-refractivity contribution in [2.45, 2.75) is 45.1 Å². The normalized spacial score (nSPS) is 15.3. The largest absolute Gasteiger partial charge is 0.392 e. The summed E-state index contributed by atoms with van der Waals surface area (Å²) in [5.74, 6) is 0.